The summed E-state index contributed by atoms with van der Waals surface area (Å²) in [6.45, 7) is 4.97. The van der Waals surface area contributed by atoms with E-state index in [2.05, 4.69) is 26.8 Å². The van der Waals surface area contributed by atoms with Crippen LogP contribution in [0.2, 0.25) is 0 Å². The van der Waals surface area contributed by atoms with Crippen LogP contribution in [-0.4, -0.2) is 57.6 Å². The molecule has 3 aromatic rings. The van der Waals surface area contributed by atoms with Gasteiger partial charge in [0.1, 0.15) is 18.4 Å². The largest absolute Gasteiger partial charge is 0.493 e. The smallest absolute Gasteiger partial charge is 0.249 e. The first-order valence-corrected chi connectivity index (χ1v) is 11.0. The van der Waals surface area contributed by atoms with E-state index in [0.717, 1.165) is 30.7 Å². The second-order valence-electron chi connectivity index (χ2n) is 8.05. The third-order valence-corrected chi connectivity index (χ3v) is 5.99. The fraction of sp³-hybridized carbons (Fsp3) is 0.435. The van der Waals surface area contributed by atoms with Crippen LogP contribution < -0.4 is 14.8 Å². The first-order chi connectivity index (χ1) is 16.4. The van der Waals surface area contributed by atoms with Gasteiger partial charge in [-0.25, -0.2) is 0 Å². The van der Waals surface area contributed by atoms with E-state index in [0.29, 0.717) is 40.8 Å². The molecule has 1 unspecified atom stereocenters. The van der Waals surface area contributed by atoms with E-state index in [1.807, 2.05) is 18.4 Å². The van der Waals surface area contributed by atoms with Gasteiger partial charge >= 0.3 is 0 Å². The Bertz CT molecular complexity index is 1230. The predicted octanol–water partition coefficient (Wildman–Crippen LogP) is 2.47. The van der Waals surface area contributed by atoms with Gasteiger partial charge in [-0.15, -0.1) is 10.2 Å². The maximum absolute atomic E-state index is 12.9. The van der Waals surface area contributed by atoms with Gasteiger partial charge in [0.15, 0.2) is 11.5 Å². The van der Waals surface area contributed by atoms with E-state index >= 15 is 0 Å². The number of rotatable bonds is 8. The number of hydrogen-bond donors (Lipinski definition) is 1. The molecule has 1 amide bonds. The number of nitrogens with one attached hydrogen (secondary N) is 1. The van der Waals surface area contributed by atoms with Crippen molar-refractivity contribution in [1.29, 1.82) is 5.26 Å². The predicted molar refractivity (Wildman–Crippen MR) is 123 cm³/mol. The SMILES string of the molecule is COc1ccc(-c2nnn(CC(=O)Nc3c(C#N)c(C)c(C)n3CC3CCCO3)n2)cc1OC. The number of methoxy groups -OCH3 is 2. The molecule has 11 heteroatoms. The van der Waals surface area contributed by atoms with E-state index in [9.17, 15) is 10.1 Å². The molecule has 0 bridgehead atoms. The summed E-state index contributed by atoms with van der Waals surface area (Å²) in [4.78, 5) is 14.1. The molecular formula is C23H27N7O4. The van der Waals surface area contributed by atoms with Gasteiger partial charge in [0.2, 0.25) is 11.7 Å². The third kappa shape index (κ3) is 4.58. The minimum absolute atomic E-state index is 0.0636. The van der Waals surface area contributed by atoms with Crippen molar-refractivity contribution in [3.8, 4) is 29.0 Å². The van der Waals surface area contributed by atoms with Gasteiger partial charge < -0.3 is 24.1 Å². The Morgan fingerprint density at radius 2 is 2.09 bits per heavy atom. The summed E-state index contributed by atoms with van der Waals surface area (Å²) >= 11 is 0. The minimum Gasteiger partial charge on any atom is -0.493 e. The van der Waals surface area contributed by atoms with Crippen molar-refractivity contribution in [2.75, 3.05) is 26.1 Å². The molecule has 11 nitrogen and oxygen atoms in total. The highest BCUT2D eigenvalue weighted by Gasteiger charge is 2.24. The molecule has 1 aliphatic rings. The van der Waals surface area contributed by atoms with Crippen LogP contribution in [0.5, 0.6) is 11.5 Å². The molecule has 4 rings (SSSR count). The van der Waals surface area contributed by atoms with Gasteiger partial charge in [-0.05, 0) is 55.7 Å². The first kappa shape index (κ1) is 23.3. The van der Waals surface area contributed by atoms with E-state index in [1.165, 1.54) is 4.80 Å². The number of amides is 1. The lowest BCUT2D eigenvalue weighted by Gasteiger charge is -2.16. The van der Waals surface area contributed by atoms with Crippen LogP contribution in [0.1, 0.15) is 29.7 Å². The highest BCUT2D eigenvalue weighted by atomic mass is 16.5. The van der Waals surface area contributed by atoms with Crippen molar-refractivity contribution in [3.05, 3.63) is 35.0 Å². The summed E-state index contributed by atoms with van der Waals surface area (Å²) in [5.41, 5.74) is 2.89. The number of tetrazole rings is 1. The molecule has 1 fully saturated rings. The molecule has 0 spiro atoms. The Morgan fingerprint density at radius 1 is 1.29 bits per heavy atom. The average Bonchev–Trinajstić information content (AvgIpc) is 3.57. The Labute approximate surface area is 197 Å². The van der Waals surface area contributed by atoms with E-state index in [1.54, 1.807) is 32.4 Å². The van der Waals surface area contributed by atoms with E-state index < -0.39 is 0 Å². The van der Waals surface area contributed by atoms with Crippen molar-refractivity contribution in [3.63, 3.8) is 0 Å². The Balaban J connectivity index is 1.51. The molecule has 1 aromatic carbocycles. The highest BCUT2D eigenvalue weighted by Crippen LogP contribution is 2.31. The first-order valence-electron chi connectivity index (χ1n) is 11.0. The number of aromatic nitrogens is 5. The molecule has 0 radical (unpaired) electrons. The second kappa shape index (κ2) is 9.93. The van der Waals surface area contributed by atoms with Crippen LogP contribution in [0, 0.1) is 25.2 Å². The topological polar surface area (TPSA) is 129 Å². The van der Waals surface area contributed by atoms with Gasteiger partial charge in [0.05, 0.1) is 32.4 Å². The van der Waals surface area contributed by atoms with E-state index in [-0.39, 0.29) is 18.6 Å². The van der Waals surface area contributed by atoms with E-state index in [4.69, 9.17) is 14.2 Å². The number of hydrogen-bond acceptors (Lipinski definition) is 8. The van der Waals surface area contributed by atoms with Gasteiger partial charge in [-0.3, -0.25) is 4.79 Å². The van der Waals surface area contributed by atoms with Crippen LogP contribution in [0.25, 0.3) is 11.4 Å². The average molecular weight is 466 g/mol. The highest BCUT2D eigenvalue weighted by molar-refractivity contribution is 5.91. The minimum atomic E-state index is -0.362. The third-order valence-electron chi connectivity index (χ3n) is 5.99. The molecule has 178 valence electrons. The molecule has 1 atom stereocenters. The Kier molecular flexibility index (Phi) is 6.79. The molecule has 0 aliphatic carbocycles. The van der Waals surface area contributed by atoms with Crippen LogP contribution in [0.15, 0.2) is 18.2 Å². The van der Waals surface area contributed by atoms with Crippen LogP contribution in [0.4, 0.5) is 5.82 Å². The normalized spacial score (nSPS) is 15.2. The van der Waals surface area contributed by atoms with Crippen LogP contribution in [0.3, 0.4) is 0 Å². The summed E-state index contributed by atoms with van der Waals surface area (Å²) in [5, 5.41) is 24.9. The van der Waals surface area contributed by atoms with Crippen molar-refractivity contribution in [2.24, 2.45) is 0 Å². The van der Waals surface area contributed by atoms with Gasteiger partial charge in [-0.1, -0.05) is 0 Å². The molecule has 1 saturated heterocycles. The summed E-state index contributed by atoms with van der Waals surface area (Å²) < 4.78 is 18.3. The number of anilines is 1. The zero-order chi connectivity index (χ0) is 24.2. The van der Waals surface area contributed by atoms with Crippen molar-refractivity contribution in [2.45, 2.75) is 45.9 Å². The zero-order valence-corrected chi connectivity index (χ0v) is 19.7. The fourth-order valence-corrected chi connectivity index (χ4v) is 4.05. The standard InChI is InChI=1S/C23H27N7O4/c1-14-15(2)29(12-17-6-5-9-34-17)23(18(14)11-24)25-21(31)13-30-27-22(26-28-30)16-7-8-19(32-3)20(10-16)33-4/h7-8,10,17H,5-6,9,12-13H2,1-4H3,(H,25,31). The number of ether oxygens (including phenoxy) is 3. The van der Waals surface area contributed by atoms with Crippen molar-refractivity contribution >= 4 is 11.7 Å². The van der Waals surface area contributed by atoms with Gasteiger partial charge in [0.25, 0.3) is 0 Å². The second-order valence-corrected chi connectivity index (χ2v) is 8.05. The lowest BCUT2D eigenvalue weighted by molar-refractivity contribution is -0.117. The molecular weight excluding hydrogens is 438 g/mol. The van der Waals surface area contributed by atoms with Crippen LogP contribution in [-0.2, 0) is 22.6 Å². The molecule has 0 saturated carbocycles. The zero-order valence-electron chi connectivity index (χ0n) is 19.7. The van der Waals surface area contributed by atoms with Crippen molar-refractivity contribution < 1.29 is 19.0 Å². The number of carbonyl (C=O) groups is 1. The number of nitriles is 1. The van der Waals surface area contributed by atoms with Gasteiger partial charge in [-0.2, -0.15) is 10.1 Å². The number of carbonyl (C=O) groups excluding carboxylic acids is 1. The number of benzene rings is 1. The maximum Gasteiger partial charge on any atom is 0.249 e. The Morgan fingerprint density at radius 3 is 2.76 bits per heavy atom. The molecule has 1 N–H and O–H groups in total. The quantitative estimate of drug-likeness (QED) is 0.537. The monoisotopic (exact) mass is 465 g/mol. The maximum atomic E-state index is 12.9. The lowest BCUT2D eigenvalue weighted by atomic mass is 10.2. The Hall–Kier alpha value is -3.91. The molecule has 3 heterocycles. The summed E-state index contributed by atoms with van der Waals surface area (Å²) in [6, 6.07) is 7.49. The molecule has 2 aromatic heterocycles. The van der Waals surface area contributed by atoms with Gasteiger partial charge in [0, 0.05) is 17.9 Å². The molecule has 34 heavy (non-hydrogen) atoms. The summed E-state index contributed by atoms with van der Waals surface area (Å²) in [5.74, 6) is 1.58. The molecule has 1 aliphatic heterocycles. The summed E-state index contributed by atoms with van der Waals surface area (Å²) in [6.07, 6.45) is 2.03. The van der Waals surface area contributed by atoms with Crippen molar-refractivity contribution in [1.82, 2.24) is 24.8 Å². The fourth-order valence-electron chi connectivity index (χ4n) is 4.05. The van der Waals surface area contributed by atoms with Crippen LogP contribution >= 0.6 is 0 Å². The lowest BCUT2D eigenvalue weighted by Crippen LogP contribution is -2.24. The summed E-state index contributed by atoms with van der Waals surface area (Å²) in [7, 11) is 3.10. The number of nitrogens with zero attached hydrogens (tertiary/aromatic N) is 6.